The molecule has 0 bridgehead atoms. The predicted molar refractivity (Wildman–Crippen MR) is 105 cm³/mol. The Kier molecular flexibility index (Phi) is 4.38. The van der Waals surface area contributed by atoms with Crippen LogP contribution < -0.4 is 10.2 Å². The second-order valence-electron chi connectivity index (χ2n) is 7.74. The maximum atomic E-state index is 6.19. The SMILES string of the molecule is CC1(C)Cc2cc(Cl)ccc2NC1c1cccc(N2CCOCC2)c1. The highest BCUT2D eigenvalue weighted by molar-refractivity contribution is 6.30. The molecule has 25 heavy (non-hydrogen) atoms. The maximum Gasteiger partial charge on any atom is 0.0642 e. The van der Waals surface area contributed by atoms with Gasteiger partial charge in [0.15, 0.2) is 0 Å². The molecule has 4 rings (SSSR count). The van der Waals surface area contributed by atoms with Gasteiger partial charge in [0, 0.05) is 29.5 Å². The van der Waals surface area contributed by atoms with Gasteiger partial charge in [0.1, 0.15) is 0 Å². The van der Waals surface area contributed by atoms with Crippen molar-refractivity contribution in [1.29, 1.82) is 0 Å². The quantitative estimate of drug-likeness (QED) is 0.827. The van der Waals surface area contributed by atoms with E-state index in [1.54, 1.807) is 0 Å². The highest BCUT2D eigenvalue weighted by atomic mass is 35.5. The molecule has 2 heterocycles. The van der Waals surface area contributed by atoms with Crippen LogP contribution in [0.3, 0.4) is 0 Å². The number of nitrogens with one attached hydrogen (secondary N) is 1. The molecule has 0 spiro atoms. The van der Waals surface area contributed by atoms with Crippen molar-refractivity contribution in [3.05, 3.63) is 58.6 Å². The van der Waals surface area contributed by atoms with Crippen molar-refractivity contribution in [3.63, 3.8) is 0 Å². The highest BCUT2D eigenvalue weighted by Gasteiger charge is 2.36. The fourth-order valence-corrected chi connectivity index (χ4v) is 4.24. The predicted octanol–water partition coefficient (Wildman–Crippen LogP) is 4.91. The van der Waals surface area contributed by atoms with Gasteiger partial charge in [0.2, 0.25) is 0 Å². The molecular weight excluding hydrogens is 332 g/mol. The van der Waals surface area contributed by atoms with Crippen molar-refractivity contribution < 1.29 is 4.74 Å². The molecule has 0 aliphatic carbocycles. The number of halogens is 1. The Bertz CT molecular complexity index is 768. The summed E-state index contributed by atoms with van der Waals surface area (Å²) >= 11 is 6.19. The van der Waals surface area contributed by atoms with Crippen LogP contribution in [0.4, 0.5) is 11.4 Å². The fourth-order valence-electron chi connectivity index (χ4n) is 4.05. The van der Waals surface area contributed by atoms with E-state index in [9.17, 15) is 0 Å². The van der Waals surface area contributed by atoms with Crippen LogP contribution in [0.1, 0.15) is 31.0 Å². The van der Waals surface area contributed by atoms with Gasteiger partial charge >= 0.3 is 0 Å². The molecule has 1 fully saturated rings. The highest BCUT2D eigenvalue weighted by Crippen LogP contribution is 2.45. The van der Waals surface area contributed by atoms with E-state index in [0.29, 0.717) is 0 Å². The van der Waals surface area contributed by atoms with Gasteiger partial charge in [-0.1, -0.05) is 37.6 Å². The van der Waals surface area contributed by atoms with Crippen LogP contribution in [0, 0.1) is 5.41 Å². The van der Waals surface area contributed by atoms with Gasteiger partial charge in [0.25, 0.3) is 0 Å². The molecule has 132 valence electrons. The molecule has 3 nitrogen and oxygen atoms in total. The average molecular weight is 357 g/mol. The van der Waals surface area contributed by atoms with Crippen LogP contribution >= 0.6 is 11.6 Å². The van der Waals surface area contributed by atoms with Gasteiger partial charge < -0.3 is 15.0 Å². The maximum absolute atomic E-state index is 6.19. The number of benzene rings is 2. The third-order valence-corrected chi connectivity index (χ3v) is 5.61. The van der Waals surface area contributed by atoms with E-state index in [-0.39, 0.29) is 11.5 Å². The first-order valence-electron chi connectivity index (χ1n) is 9.00. The van der Waals surface area contributed by atoms with E-state index < -0.39 is 0 Å². The number of nitrogens with zero attached hydrogens (tertiary/aromatic N) is 1. The van der Waals surface area contributed by atoms with Gasteiger partial charge in [-0.3, -0.25) is 0 Å². The number of ether oxygens (including phenoxy) is 1. The lowest BCUT2D eigenvalue weighted by Gasteiger charge is -2.41. The first kappa shape index (κ1) is 16.7. The molecule has 2 aliphatic heterocycles. The van der Waals surface area contributed by atoms with Crippen molar-refractivity contribution in [2.45, 2.75) is 26.3 Å². The van der Waals surface area contributed by atoms with Crippen LogP contribution in [0.15, 0.2) is 42.5 Å². The van der Waals surface area contributed by atoms with E-state index >= 15 is 0 Å². The summed E-state index contributed by atoms with van der Waals surface area (Å²) in [4.78, 5) is 2.41. The lowest BCUT2D eigenvalue weighted by molar-refractivity contribution is 0.122. The summed E-state index contributed by atoms with van der Waals surface area (Å²) in [6.07, 6.45) is 1.02. The summed E-state index contributed by atoms with van der Waals surface area (Å²) in [7, 11) is 0. The third-order valence-electron chi connectivity index (χ3n) is 5.37. The zero-order valence-electron chi connectivity index (χ0n) is 14.9. The second-order valence-corrected chi connectivity index (χ2v) is 8.18. The molecule has 0 amide bonds. The van der Waals surface area contributed by atoms with Crippen LogP contribution in [-0.2, 0) is 11.2 Å². The number of rotatable bonds is 2. The Balaban J connectivity index is 1.65. The molecular formula is C21H25ClN2O. The molecule has 0 aromatic heterocycles. The normalized spacial score (nSPS) is 22.2. The number of hydrogen-bond donors (Lipinski definition) is 1. The second kappa shape index (κ2) is 6.54. The van der Waals surface area contributed by atoms with Gasteiger partial charge in [-0.2, -0.15) is 0 Å². The van der Waals surface area contributed by atoms with Crippen molar-refractivity contribution >= 4 is 23.0 Å². The summed E-state index contributed by atoms with van der Waals surface area (Å²) in [5, 5.41) is 4.57. The molecule has 2 aromatic carbocycles. The van der Waals surface area contributed by atoms with Gasteiger partial charge in [-0.05, 0) is 53.3 Å². The van der Waals surface area contributed by atoms with Crippen LogP contribution in [-0.4, -0.2) is 26.3 Å². The molecule has 4 heteroatoms. The number of morpholine rings is 1. The number of anilines is 2. The summed E-state index contributed by atoms with van der Waals surface area (Å²) in [5.41, 5.74) is 5.25. The van der Waals surface area contributed by atoms with Gasteiger partial charge in [-0.25, -0.2) is 0 Å². The minimum atomic E-state index is 0.112. The van der Waals surface area contributed by atoms with Crippen LogP contribution in [0.2, 0.25) is 5.02 Å². The Morgan fingerprint density at radius 2 is 1.92 bits per heavy atom. The molecule has 1 atom stereocenters. The fraction of sp³-hybridized carbons (Fsp3) is 0.429. The summed E-state index contributed by atoms with van der Waals surface area (Å²) < 4.78 is 5.48. The monoisotopic (exact) mass is 356 g/mol. The zero-order valence-corrected chi connectivity index (χ0v) is 15.6. The molecule has 2 aromatic rings. The zero-order chi connectivity index (χ0) is 17.4. The molecule has 0 radical (unpaired) electrons. The summed E-state index contributed by atoms with van der Waals surface area (Å²) in [6, 6.07) is 15.4. The van der Waals surface area contributed by atoms with Gasteiger partial charge in [-0.15, -0.1) is 0 Å². The van der Waals surface area contributed by atoms with Crippen molar-refractivity contribution in [1.82, 2.24) is 0 Å². The molecule has 1 saturated heterocycles. The van der Waals surface area contributed by atoms with Crippen molar-refractivity contribution in [2.75, 3.05) is 36.5 Å². The summed E-state index contributed by atoms with van der Waals surface area (Å²) in [6.45, 7) is 8.21. The van der Waals surface area contributed by atoms with Crippen LogP contribution in [0.5, 0.6) is 0 Å². The smallest absolute Gasteiger partial charge is 0.0642 e. The minimum Gasteiger partial charge on any atom is -0.378 e. The van der Waals surface area contributed by atoms with Gasteiger partial charge in [0.05, 0.1) is 19.3 Å². The number of hydrogen-bond acceptors (Lipinski definition) is 3. The third kappa shape index (κ3) is 3.36. The average Bonchev–Trinajstić information content (AvgIpc) is 2.61. The van der Waals surface area contributed by atoms with Crippen molar-refractivity contribution in [2.24, 2.45) is 5.41 Å². The molecule has 2 aliphatic rings. The van der Waals surface area contributed by atoms with E-state index in [0.717, 1.165) is 37.7 Å². The minimum absolute atomic E-state index is 0.112. The lowest BCUT2D eigenvalue weighted by Crippen LogP contribution is -2.37. The topological polar surface area (TPSA) is 24.5 Å². The Morgan fingerprint density at radius 1 is 1.12 bits per heavy atom. The largest absolute Gasteiger partial charge is 0.378 e. The Hall–Kier alpha value is -1.71. The first-order valence-corrected chi connectivity index (χ1v) is 9.38. The molecule has 0 saturated carbocycles. The summed E-state index contributed by atoms with van der Waals surface area (Å²) in [5.74, 6) is 0. The lowest BCUT2D eigenvalue weighted by atomic mass is 9.73. The Labute approximate surface area is 154 Å². The van der Waals surface area contributed by atoms with Crippen LogP contribution in [0.25, 0.3) is 0 Å². The van der Waals surface area contributed by atoms with E-state index in [4.69, 9.17) is 16.3 Å². The van der Waals surface area contributed by atoms with E-state index in [1.165, 1.54) is 22.5 Å². The molecule has 1 unspecified atom stereocenters. The van der Waals surface area contributed by atoms with Crippen molar-refractivity contribution in [3.8, 4) is 0 Å². The van der Waals surface area contributed by atoms with E-state index in [1.807, 2.05) is 6.07 Å². The van der Waals surface area contributed by atoms with E-state index in [2.05, 4.69) is 60.5 Å². The standard InChI is InChI=1S/C21H25ClN2O/c1-21(2)14-16-12-17(22)6-7-19(16)23-20(21)15-4-3-5-18(13-15)24-8-10-25-11-9-24/h3-7,12-13,20,23H,8-11,14H2,1-2H3. The molecule has 1 N–H and O–H groups in total. The number of fused-ring (bicyclic) bond motifs is 1. The first-order chi connectivity index (χ1) is 12.0. The Morgan fingerprint density at radius 3 is 2.72 bits per heavy atom.